The van der Waals surface area contributed by atoms with Crippen LogP contribution < -0.4 is 15.4 Å². The first-order valence-corrected chi connectivity index (χ1v) is 6.32. The van der Waals surface area contributed by atoms with Crippen molar-refractivity contribution in [1.29, 1.82) is 0 Å². The van der Waals surface area contributed by atoms with E-state index in [1.165, 1.54) is 12.8 Å². The van der Waals surface area contributed by atoms with E-state index >= 15 is 0 Å². The SMILES string of the molecule is COc1ccc(C)cc1NC(=O)NC(C)C1CC1. The molecule has 0 radical (unpaired) electrons. The van der Waals surface area contributed by atoms with E-state index < -0.39 is 0 Å². The second-order valence-corrected chi connectivity index (χ2v) is 4.93. The van der Waals surface area contributed by atoms with Crippen molar-refractivity contribution in [3.8, 4) is 5.75 Å². The fourth-order valence-corrected chi connectivity index (χ4v) is 2.00. The number of carbonyl (C=O) groups excluding carboxylic acids is 1. The van der Waals surface area contributed by atoms with Crippen molar-refractivity contribution in [3.05, 3.63) is 23.8 Å². The fraction of sp³-hybridized carbons (Fsp3) is 0.500. The summed E-state index contributed by atoms with van der Waals surface area (Å²) in [6, 6.07) is 5.78. The zero-order chi connectivity index (χ0) is 13.1. The van der Waals surface area contributed by atoms with Crippen LogP contribution in [-0.2, 0) is 0 Å². The molecule has 2 N–H and O–H groups in total. The smallest absolute Gasteiger partial charge is 0.319 e. The van der Waals surface area contributed by atoms with Gasteiger partial charge in [0.05, 0.1) is 12.8 Å². The second kappa shape index (κ2) is 5.29. The average molecular weight is 248 g/mol. The van der Waals surface area contributed by atoms with Crippen molar-refractivity contribution in [1.82, 2.24) is 5.32 Å². The van der Waals surface area contributed by atoms with E-state index in [0.717, 1.165) is 5.56 Å². The zero-order valence-corrected chi connectivity index (χ0v) is 11.1. The minimum atomic E-state index is -0.168. The lowest BCUT2D eigenvalue weighted by molar-refractivity contribution is 0.248. The van der Waals surface area contributed by atoms with Crippen molar-refractivity contribution < 1.29 is 9.53 Å². The van der Waals surface area contributed by atoms with E-state index in [2.05, 4.69) is 10.6 Å². The minimum absolute atomic E-state index is 0.168. The number of hydrogen-bond acceptors (Lipinski definition) is 2. The molecule has 0 bridgehead atoms. The number of methoxy groups -OCH3 is 1. The predicted molar refractivity (Wildman–Crippen MR) is 72.1 cm³/mol. The normalized spacial score (nSPS) is 15.9. The van der Waals surface area contributed by atoms with Crippen LogP contribution in [-0.4, -0.2) is 19.2 Å². The highest BCUT2D eigenvalue weighted by atomic mass is 16.5. The van der Waals surface area contributed by atoms with E-state index in [0.29, 0.717) is 17.4 Å². The van der Waals surface area contributed by atoms with Crippen molar-refractivity contribution in [3.63, 3.8) is 0 Å². The topological polar surface area (TPSA) is 50.4 Å². The average Bonchev–Trinajstić information content (AvgIpc) is 3.12. The zero-order valence-electron chi connectivity index (χ0n) is 11.1. The van der Waals surface area contributed by atoms with Crippen molar-refractivity contribution >= 4 is 11.7 Å². The van der Waals surface area contributed by atoms with Gasteiger partial charge in [0.15, 0.2) is 0 Å². The van der Waals surface area contributed by atoms with Crippen LogP contribution in [0.15, 0.2) is 18.2 Å². The van der Waals surface area contributed by atoms with Gasteiger partial charge in [-0.3, -0.25) is 0 Å². The first kappa shape index (κ1) is 12.7. The molecule has 1 saturated carbocycles. The number of ether oxygens (including phenoxy) is 1. The molecule has 0 aromatic heterocycles. The standard InChI is InChI=1S/C14H20N2O2/c1-9-4-7-13(18-3)12(8-9)16-14(17)15-10(2)11-5-6-11/h4,7-8,10-11H,5-6H2,1-3H3,(H2,15,16,17). The van der Waals surface area contributed by atoms with Crippen LogP contribution >= 0.6 is 0 Å². The number of amides is 2. The van der Waals surface area contributed by atoms with Crippen LogP contribution in [0.4, 0.5) is 10.5 Å². The molecule has 1 atom stereocenters. The Morgan fingerprint density at radius 3 is 2.78 bits per heavy atom. The summed E-state index contributed by atoms with van der Waals surface area (Å²) in [4.78, 5) is 11.9. The maximum absolute atomic E-state index is 11.9. The molecule has 1 aromatic rings. The molecule has 4 nitrogen and oxygen atoms in total. The fourth-order valence-electron chi connectivity index (χ4n) is 2.00. The number of nitrogens with one attached hydrogen (secondary N) is 2. The van der Waals surface area contributed by atoms with Gasteiger partial charge in [-0.1, -0.05) is 6.07 Å². The molecule has 1 aliphatic carbocycles. The number of carbonyl (C=O) groups is 1. The van der Waals surface area contributed by atoms with Gasteiger partial charge in [-0.05, 0) is 50.3 Å². The molecule has 18 heavy (non-hydrogen) atoms. The highest BCUT2D eigenvalue weighted by molar-refractivity contribution is 5.91. The maximum atomic E-state index is 11.9. The summed E-state index contributed by atoms with van der Waals surface area (Å²) in [6.07, 6.45) is 2.43. The molecular weight excluding hydrogens is 228 g/mol. The Balaban J connectivity index is 1.98. The van der Waals surface area contributed by atoms with Crippen LogP contribution in [0.2, 0.25) is 0 Å². The molecule has 98 valence electrons. The summed E-state index contributed by atoms with van der Waals surface area (Å²) in [5, 5.41) is 5.80. The van der Waals surface area contributed by atoms with Gasteiger partial charge in [0.1, 0.15) is 5.75 Å². The molecule has 2 rings (SSSR count). The van der Waals surface area contributed by atoms with Gasteiger partial charge in [0.2, 0.25) is 0 Å². The lowest BCUT2D eigenvalue weighted by atomic mass is 10.2. The van der Waals surface area contributed by atoms with Crippen molar-refractivity contribution in [2.24, 2.45) is 5.92 Å². The van der Waals surface area contributed by atoms with Gasteiger partial charge < -0.3 is 15.4 Å². The van der Waals surface area contributed by atoms with Gasteiger partial charge in [-0.15, -0.1) is 0 Å². The quantitative estimate of drug-likeness (QED) is 0.860. The van der Waals surface area contributed by atoms with Gasteiger partial charge in [-0.25, -0.2) is 4.79 Å². The molecule has 0 spiro atoms. The summed E-state index contributed by atoms with van der Waals surface area (Å²) in [5.41, 5.74) is 1.79. The first-order chi connectivity index (χ1) is 8.60. The number of anilines is 1. The van der Waals surface area contributed by atoms with E-state index in [9.17, 15) is 4.79 Å². The van der Waals surface area contributed by atoms with E-state index in [4.69, 9.17) is 4.74 Å². The molecule has 0 saturated heterocycles. The van der Waals surface area contributed by atoms with E-state index in [1.807, 2.05) is 32.0 Å². The van der Waals surface area contributed by atoms with Gasteiger partial charge in [0, 0.05) is 6.04 Å². The summed E-state index contributed by atoms with van der Waals surface area (Å²) in [6.45, 7) is 4.03. The Kier molecular flexibility index (Phi) is 3.75. The maximum Gasteiger partial charge on any atom is 0.319 e. The predicted octanol–water partition coefficient (Wildman–Crippen LogP) is 2.92. The lowest BCUT2D eigenvalue weighted by Crippen LogP contribution is -2.37. The van der Waals surface area contributed by atoms with Crippen LogP contribution in [0.5, 0.6) is 5.75 Å². The van der Waals surface area contributed by atoms with Gasteiger partial charge in [0.25, 0.3) is 0 Å². The molecule has 1 fully saturated rings. The number of hydrogen-bond donors (Lipinski definition) is 2. The molecule has 1 aromatic carbocycles. The molecule has 1 aliphatic rings. The first-order valence-electron chi connectivity index (χ1n) is 6.32. The summed E-state index contributed by atoms with van der Waals surface area (Å²) >= 11 is 0. The molecule has 0 heterocycles. The summed E-state index contributed by atoms with van der Waals surface area (Å²) in [7, 11) is 1.60. The number of benzene rings is 1. The largest absolute Gasteiger partial charge is 0.495 e. The lowest BCUT2D eigenvalue weighted by Gasteiger charge is -2.15. The Morgan fingerprint density at radius 2 is 2.17 bits per heavy atom. The Bertz CT molecular complexity index is 441. The van der Waals surface area contributed by atoms with Crippen LogP contribution in [0.25, 0.3) is 0 Å². The monoisotopic (exact) mass is 248 g/mol. The summed E-state index contributed by atoms with van der Waals surface area (Å²) < 4.78 is 5.22. The van der Waals surface area contributed by atoms with Crippen LogP contribution in [0.3, 0.4) is 0 Å². The van der Waals surface area contributed by atoms with Crippen molar-refractivity contribution in [2.45, 2.75) is 32.7 Å². The highest BCUT2D eigenvalue weighted by Gasteiger charge is 2.28. The van der Waals surface area contributed by atoms with Gasteiger partial charge >= 0.3 is 6.03 Å². The molecule has 0 aliphatic heterocycles. The van der Waals surface area contributed by atoms with E-state index in [-0.39, 0.29) is 12.1 Å². The molecular formula is C14H20N2O2. The number of urea groups is 1. The van der Waals surface area contributed by atoms with E-state index in [1.54, 1.807) is 7.11 Å². The number of rotatable bonds is 4. The second-order valence-electron chi connectivity index (χ2n) is 4.93. The Morgan fingerprint density at radius 1 is 1.44 bits per heavy atom. The van der Waals surface area contributed by atoms with Crippen LogP contribution in [0.1, 0.15) is 25.3 Å². The third-order valence-corrected chi connectivity index (χ3v) is 3.29. The third-order valence-electron chi connectivity index (χ3n) is 3.29. The van der Waals surface area contributed by atoms with Gasteiger partial charge in [-0.2, -0.15) is 0 Å². The minimum Gasteiger partial charge on any atom is -0.495 e. The highest BCUT2D eigenvalue weighted by Crippen LogP contribution is 2.32. The number of aryl methyl sites for hydroxylation is 1. The molecule has 2 amide bonds. The Hall–Kier alpha value is -1.71. The Labute approximate surface area is 108 Å². The third kappa shape index (κ3) is 3.15. The summed E-state index contributed by atoms with van der Waals surface area (Å²) in [5.74, 6) is 1.32. The van der Waals surface area contributed by atoms with Crippen molar-refractivity contribution in [2.75, 3.05) is 12.4 Å². The van der Waals surface area contributed by atoms with Crippen LogP contribution in [0, 0.1) is 12.8 Å². The molecule has 4 heteroatoms. The molecule has 1 unspecified atom stereocenters.